The molecule has 1 N–H and O–H groups in total. The van der Waals surface area contributed by atoms with Crippen LogP contribution in [0.1, 0.15) is 24.1 Å². The van der Waals surface area contributed by atoms with Crippen molar-refractivity contribution in [3.8, 4) is 0 Å². The molecule has 0 bridgehead atoms. The first-order valence-electron chi connectivity index (χ1n) is 8.11. The lowest BCUT2D eigenvalue weighted by Gasteiger charge is -2.32. The zero-order chi connectivity index (χ0) is 16.1. The van der Waals surface area contributed by atoms with Crippen LogP contribution in [0.5, 0.6) is 0 Å². The molecule has 0 spiro atoms. The molecule has 0 atom stereocenters. The number of aryl methyl sites for hydroxylation is 1. The van der Waals surface area contributed by atoms with Crippen molar-refractivity contribution in [2.75, 3.05) is 13.1 Å². The molecule has 122 valence electrons. The molecule has 6 heteroatoms. The van der Waals surface area contributed by atoms with Crippen molar-refractivity contribution in [2.45, 2.75) is 38.9 Å². The summed E-state index contributed by atoms with van der Waals surface area (Å²) in [5.41, 5.74) is 2.17. The summed E-state index contributed by atoms with van der Waals surface area (Å²) in [6, 6.07) is 10.8. The van der Waals surface area contributed by atoms with E-state index in [2.05, 4.69) is 44.8 Å². The monoisotopic (exact) mass is 313 g/mol. The average Bonchev–Trinajstić information content (AvgIpc) is 2.95. The van der Waals surface area contributed by atoms with Gasteiger partial charge in [0.25, 0.3) is 0 Å². The summed E-state index contributed by atoms with van der Waals surface area (Å²) in [6.45, 7) is 5.12. The molecule has 1 aromatic heterocycles. The molecule has 1 saturated heterocycles. The normalized spacial score (nSPS) is 16.4. The summed E-state index contributed by atoms with van der Waals surface area (Å²) in [5.74, 6) is 0.0106. The van der Waals surface area contributed by atoms with E-state index in [1.807, 2.05) is 13.0 Å². The van der Waals surface area contributed by atoms with Crippen molar-refractivity contribution < 1.29 is 4.79 Å². The Labute approximate surface area is 136 Å². The minimum atomic E-state index is 0.0106. The lowest BCUT2D eigenvalue weighted by atomic mass is 10.0. The Hall–Kier alpha value is -2.21. The fraction of sp³-hybridized carbons (Fsp3) is 0.471. The third-order valence-corrected chi connectivity index (χ3v) is 4.16. The van der Waals surface area contributed by atoms with Crippen LogP contribution in [-0.2, 0) is 17.9 Å². The number of piperidine rings is 1. The maximum atomic E-state index is 12.0. The minimum Gasteiger partial charge on any atom is -0.352 e. The van der Waals surface area contributed by atoms with Gasteiger partial charge in [0.2, 0.25) is 5.91 Å². The number of likely N-dealkylation sites (tertiary alicyclic amines) is 1. The van der Waals surface area contributed by atoms with E-state index < -0.39 is 0 Å². The molecule has 0 unspecified atom stereocenters. The Bertz CT molecular complexity index is 631. The number of aromatic nitrogens is 3. The van der Waals surface area contributed by atoms with Crippen LogP contribution >= 0.6 is 0 Å². The van der Waals surface area contributed by atoms with Gasteiger partial charge in [-0.05, 0) is 25.3 Å². The van der Waals surface area contributed by atoms with Crippen LogP contribution in [0.25, 0.3) is 0 Å². The van der Waals surface area contributed by atoms with Gasteiger partial charge in [-0.15, -0.1) is 5.10 Å². The van der Waals surface area contributed by atoms with Crippen molar-refractivity contribution in [1.82, 2.24) is 25.2 Å². The third-order valence-electron chi connectivity index (χ3n) is 4.16. The van der Waals surface area contributed by atoms with Gasteiger partial charge < -0.3 is 5.32 Å². The minimum absolute atomic E-state index is 0.0106. The molecule has 23 heavy (non-hydrogen) atoms. The fourth-order valence-electron chi connectivity index (χ4n) is 2.97. The standard InChI is InChI=1S/C17H23N5O/c1-14-11-22(20-19-14)13-17(23)18-16-7-9-21(10-8-16)12-15-5-3-2-4-6-15/h2-6,11,16H,7-10,12-13H2,1H3,(H,18,23). The summed E-state index contributed by atoms with van der Waals surface area (Å²) < 4.78 is 1.58. The number of rotatable bonds is 5. The predicted octanol–water partition coefficient (Wildman–Crippen LogP) is 1.37. The number of nitrogens with zero attached hydrogens (tertiary/aromatic N) is 4. The Balaban J connectivity index is 1.41. The van der Waals surface area contributed by atoms with Crippen LogP contribution in [0, 0.1) is 6.92 Å². The molecule has 6 nitrogen and oxygen atoms in total. The molecule has 0 radical (unpaired) electrons. The number of nitrogens with one attached hydrogen (secondary N) is 1. The molecule has 2 aromatic rings. The molecule has 0 aliphatic carbocycles. The number of hydrogen-bond acceptors (Lipinski definition) is 4. The van der Waals surface area contributed by atoms with Gasteiger partial charge in [-0.3, -0.25) is 9.69 Å². The van der Waals surface area contributed by atoms with E-state index in [4.69, 9.17) is 0 Å². The average molecular weight is 313 g/mol. The first kappa shape index (κ1) is 15.7. The molecule has 1 aliphatic rings. The number of carbonyl (C=O) groups is 1. The van der Waals surface area contributed by atoms with Gasteiger partial charge in [0, 0.05) is 31.9 Å². The topological polar surface area (TPSA) is 63.1 Å². The summed E-state index contributed by atoms with van der Waals surface area (Å²) in [4.78, 5) is 14.5. The van der Waals surface area contributed by atoms with Gasteiger partial charge in [0.1, 0.15) is 6.54 Å². The van der Waals surface area contributed by atoms with Crippen LogP contribution in [0.3, 0.4) is 0 Å². The highest BCUT2D eigenvalue weighted by molar-refractivity contribution is 5.75. The van der Waals surface area contributed by atoms with Crippen molar-refractivity contribution in [3.05, 3.63) is 47.8 Å². The summed E-state index contributed by atoms with van der Waals surface area (Å²) in [5, 5.41) is 10.9. The highest BCUT2D eigenvalue weighted by Crippen LogP contribution is 2.13. The van der Waals surface area contributed by atoms with E-state index in [0.717, 1.165) is 38.2 Å². The quantitative estimate of drug-likeness (QED) is 0.905. The van der Waals surface area contributed by atoms with Crippen LogP contribution in [-0.4, -0.2) is 44.9 Å². The summed E-state index contributed by atoms with van der Waals surface area (Å²) >= 11 is 0. The van der Waals surface area contributed by atoms with Gasteiger partial charge in [-0.25, -0.2) is 4.68 Å². The van der Waals surface area contributed by atoms with Crippen molar-refractivity contribution in [3.63, 3.8) is 0 Å². The Morgan fingerprint density at radius 3 is 2.65 bits per heavy atom. The van der Waals surface area contributed by atoms with Crippen molar-refractivity contribution >= 4 is 5.91 Å². The first-order valence-corrected chi connectivity index (χ1v) is 8.11. The Morgan fingerprint density at radius 1 is 1.26 bits per heavy atom. The van der Waals surface area contributed by atoms with E-state index >= 15 is 0 Å². The summed E-state index contributed by atoms with van der Waals surface area (Å²) in [7, 11) is 0. The second kappa shape index (κ2) is 7.37. The second-order valence-corrected chi connectivity index (χ2v) is 6.16. The van der Waals surface area contributed by atoms with E-state index in [9.17, 15) is 4.79 Å². The third kappa shape index (κ3) is 4.63. The van der Waals surface area contributed by atoms with Gasteiger partial charge in [0.05, 0.1) is 5.69 Å². The number of amides is 1. The number of benzene rings is 1. The highest BCUT2D eigenvalue weighted by Gasteiger charge is 2.20. The van der Waals surface area contributed by atoms with Crippen molar-refractivity contribution in [2.24, 2.45) is 0 Å². The molecular formula is C17H23N5O. The van der Waals surface area contributed by atoms with E-state index in [1.54, 1.807) is 10.9 Å². The lowest BCUT2D eigenvalue weighted by Crippen LogP contribution is -2.45. The van der Waals surface area contributed by atoms with Gasteiger partial charge in [0.15, 0.2) is 0 Å². The van der Waals surface area contributed by atoms with E-state index in [-0.39, 0.29) is 18.5 Å². The maximum absolute atomic E-state index is 12.0. The highest BCUT2D eigenvalue weighted by atomic mass is 16.2. The van der Waals surface area contributed by atoms with E-state index in [0.29, 0.717) is 0 Å². The molecule has 1 amide bonds. The van der Waals surface area contributed by atoms with Crippen LogP contribution in [0.15, 0.2) is 36.5 Å². The van der Waals surface area contributed by atoms with E-state index in [1.165, 1.54) is 5.56 Å². The number of carbonyl (C=O) groups excluding carboxylic acids is 1. The van der Waals surface area contributed by atoms with Gasteiger partial charge in [-0.2, -0.15) is 0 Å². The second-order valence-electron chi connectivity index (χ2n) is 6.16. The fourth-order valence-corrected chi connectivity index (χ4v) is 2.97. The van der Waals surface area contributed by atoms with Crippen LogP contribution in [0.4, 0.5) is 0 Å². The van der Waals surface area contributed by atoms with Crippen LogP contribution in [0.2, 0.25) is 0 Å². The zero-order valence-corrected chi connectivity index (χ0v) is 13.5. The predicted molar refractivity (Wildman–Crippen MR) is 87.6 cm³/mol. The molecule has 1 aromatic carbocycles. The van der Waals surface area contributed by atoms with Gasteiger partial charge in [-0.1, -0.05) is 35.5 Å². The Kier molecular flexibility index (Phi) is 5.02. The SMILES string of the molecule is Cc1cn(CC(=O)NC2CCN(Cc3ccccc3)CC2)nn1. The number of hydrogen-bond donors (Lipinski definition) is 1. The smallest absolute Gasteiger partial charge is 0.242 e. The van der Waals surface area contributed by atoms with Gasteiger partial charge >= 0.3 is 0 Å². The zero-order valence-electron chi connectivity index (χ0n) is 13.5. The lowest BCUT2D eigenvalue weighted by molar-refractivity contribution is -0.122. The summed E-state index contributed by atoms with van der Waals surface area (Å²) in [6.07, 6.45) is 3.77. The largest absolute Gasteiger partial charge is 0.352 e. The Morgan fingerprint density at radius 2 is 2.00 bits per heavy atom. The molecule has 1 aliphatic heterocycles. The van der Waals surface area contributed by atoms with Crippen LogP contribution < -0.4 is 5.32 Å². The first-order chi connectivity index (χ1) is 11.2. The molecule has 2 heterocycles. The molecule has 1 fully saturated rings. The van der Waals surface area contributed by atoms with Crippen molar-refractivity contribution in [1.29, 1.82) is 0 Å². The molecular weight excluding hydrogens is 290 g/mol. The molecule has 3 rings (SSSR count). The maximum Gasteiger partial charge on any atom is 0.242 e. The molecule has 0 saturated carbocycles.